The average molecular weight is 369 g/mol. The van der Waals surface area contributed by atoms with E-state index >= 15 is 0 Å². The highest BCUT2D eigenvalue weighted by Crippen LogP contribution is 2.25. The van der Waals surface area contributed by atoms with Gasteiger partial charge in [0.05, 0.1) is 5.92 Å². The van der Waals surface area contributed by atoms with Gasteiger partial charge in [-0.1, -0.05) is 0 Å². The Bertz CT molecular complexity index is 772. The molecule has 2 saturated heterocycles. The van der Waals surface area contributed by atoms with E-state index in [1.54, 1.807) is 16.5 Å². The summed E-state index contributed by atoms with van der Waals surface area (Å²) in [6.45, 7) is 1.77. The lowest BCUT2D eigenvalue weighted by Gasteiger charge is -2.28. The van der Waals surface area contributed by atoms with Crippen molar-refractivity contribution in [2.24, 2.45) is 13.0 Å². The zero-order chi connectivity index (χ0) is 18.2. The highest BCUT2D eigenvalue weighted by Gasteiger charge is 2.33. The smallest absolute Gasteiger partial charge is 0.306 e. The molecule has 2 fully saturated rings. The van der Waals surface area contributed by atoms with Crippen molar-refractivity contribution >= 4 is 21.9 Å². The first-order chi connectivity index (χ1) is 11.8. The van der Waals surface area contributed by atoms with Gasteiger partial charge >= 0.3 is 5.97 Å². The lowest BCUT2D eigenvalue weighted by atomic mass is 9.99. The van der Waals surface area contributed by atoms with E-state index in [1.165, 1.54) is 16.6 Å². The topological polar surface area (TPSA) is 99.9 Å². The Kier molecular flexibility index (Phi) is 4.88. The number of carboxylic acids is 1. The molecular formula is C16H23N3O5S. The van der Waals surface area contributed by atoms with Crippen LogP contribution in [0.4, 0.5) is 0 Å². The van der Waals surface area contributed by atoms with Crippen molar-refractivity contribution < 1.29 is 23.1 Å². The summed E-state index contributed by atoms with van der Waals surface area (Å²) in [4.78, 5) is 25.4. The number of likely N-dealkylation sites (tertiary alicyclic amines) is 1. The Morgan fingerprint density at radius 3 is 2.28 bits per heavy atom. The third-order valence-electron chi connectivity index (χ3n) is 5.03. The maximum atomic E-state index is 12.8. The van der Waals surface area contributed by atoms with E-state index in [9.17, 15) is 18.0 Å². The van der Waals surface area contributed by atoms with Crippen molar-refractivity contribution in [3.63, 3.8) is 0 Å². The number of amides is 1. The van der Waals surface area contributed by atoms with Crippen LogP contribution in [0, 0.1) is 5.92 Å². The van der Waals surface area contributed by atoms with Crippen LogP contribution >= 0.6 is 0 Å². The lowest BCUT2D eigenvalue weighted by Crippen LogP contribution is -2.40. The molecule has 2 aliphatic rings. The number of aryl methyl sites for hydroxylation is 1. The van der Waals surface area contributed by atoms with Gasteiger partial charge in [0, 0.05) is 39.4 Å². The second kappa shape index (κ2) is 6.80. The van der Waals surface area contributed by atoms with Crippen molar-refractivity contribution in [2.75, 3.05) is 26.2 Å². The highest BCUT2D eigenvalue weighted by atomic mass is 32.2. The van der Waals surface area contributed by atoms with Crippen LogP contribution in [-0.4, -0.2) is 65.4 Å². The number of hydrogen-bond acceptors (Lipinski definition) is 4. The quantitative estimate of drug-likeness (QED) is 0.844. The predicted molar refractivity (Wildman–Crippen MR) is 89.7 cm³/mol. The van der Waals surface area contributed by atoms with Crippen LogP contribution in [0.2, 0.25) is 0 Å². The lowest BCUT2D eigenvalue weighted by molar-refractivity contribution is -0.142. The van der Waals surface area contributed by atoms with Gasteiger partial charge in [-0.25, -0.2) is 8.42 Å². The molecule has 0 atom stereocenters. The molecule has 0 saturated carbocycles. The van der Waals surface area contributed by atoms with Crippen molar-refractivity contribution in [1.82, 2.24) is 13.8 Å². The van der Waals surface area contributed by atoms with Crippen LogP contribution in [0.1, 0.15) is 36.2 Å². The summed E-state index contributed by atoms with van der Waals surface area (Å²) in [5.74, 6) is -1.52. The fourth-order valence-electron chi connectivity index (χ4n) is 3.46. The van der Waals surface area contributed by atoms with Crippen LogP contribution in [-0.2, 0) is 21.9 Å². The molecule has 0 aliphatic carbocycles. The molecule has 0 aromatic carbocycles. The van der Waals surface area contributed by atoms with Crippen LogP contribution in [0.3, 0.4) is 0 Å². The van der Waals surface area contributed by atoms with Gasteiger partial charge in [-0.3, -0.25) is 9.59 Å². The highest BCUT2D eigenvalue weighted by molar-refractivity contribution is 7.89. The third kappa shape index (κ3) is 3.43. The zero-order valence-corrected chi connectivity index (χ0v) is 15.0. The normalized spacial score (nSPS) is 20.1. The molecule has 9 heteroatoms. The molecule has 25 heavy (non-hydrogen) atoms. The summed E-state index contributed by atoms with van der Waals surface area (Å²) in [6.07, 6.45) is 4.02. The monoisotopic (exact) mass is 369 g/mol. The molecule has 1 N–H and O–H groups in total. The molecule has 2 aliphatic heterocycles. The van der Waals surface area contributed by atoms with Gasteiger partial charge in [-0.2, -0.15) is 4.31 Å². The van der Waals surface area contributed by atoms with Crippen molar-refractivity contribution in [2.45, 2.75) is 30.6 Å². The van der Waals surface area contributed by atoms with Gasteiger partial charge in [-0.15, -0.1) is 0 Å². The first-order valence-electron chi connectivity index (χ1n) is 8.49. The molecule has 1 aromatic heterocycles. The van der Waals surface area contributed by atoms with E-state index in [1.807, 2.05) is 0 Å². The Morgan fingerprint density at radius 1 is 1.12 bits per heavy atom. The first kappa shape index (κ1) is 17.9. The molecule has 3 rings (SSSR count). The maximum Gasteiger partial charge on any atom is 0.306 e. The predicted octanol–water partition coefficient (Wildman–Crippen LogP) is 0.746. The molecule has 3 heterocycles. The number of rotatable bonds is 4. The summed E-state index contributed by atoms with van der Waals surface area (Å²) >= 11 is 0. The Balaban J connectivity index is 1.78. The van der Waals surface area contributed by atoms with Gasteiger partial charge in [-0.05, 0) is 31.7 Å². The van der Waals surface area contributed by atoms with Crippen LogP contribution in [0.25, 0.3) is 0 Å². The summed E-state index contributed by atoms with van der Waals surface area (Å²) in [6, 6.07) is 1.43. The SMILES string of the molecule is Cn1cc(S(=O)(=O)N2CCC(C(=O)O)CC2)cc1C(=O)N1CCCC1. The van der Waals surface area contributed by atoms with Gasteiger partial charge < -0.3 is 14.6 Å². The number of hydrogen-bond donors (Lipinski definition) is 1. The van der Waals surface area contributed by atoms with E-state index in [2.05, 4.69) is 0 Å². The summed E-state index contributed by atoms with van der Waals surface area (Å²) < 4.78 is 28.5. The molecule has 1 amide bonds. The van der Waals surface area contributed by atoms with Gasteiger partial charge in [0.2, 0.25) is 10.0 Å². The summed E-state index contributed by atoms with van der Waals surface area (Å²) in [5.41, 5.74) is 0.362. The van der Waals surface area contributed by atoms with Crippen molar-refractivity contribution in [3.05, 3.63) is 18.0 Å². The van der Waals surface area contributed by atoms with E-state index in [0.29, 0.717) is 31.6 Å². The number of piperidine rings is 1. The standard InChI is InChI=1S/C16H23N3O5S/c1-17-11-13(10-14(17)15(20)18-6-2-3-7-18)25(23,24)19-8-4-12(5-9-19)16(21)22/h10-12H,2-9H2,1H3,(H,21,22). The fourth-order valence-corrected chi connectivity index (χ4v) is 5.00. The number of aromatic nitrogens is 1. The minimum Gasteiger partial charge on any atom is -0.481 e. The third-order valence-corrected chi connectivity index (χ3v) is 6.90. The zero-order valence-electron chi connectivity index (χ0n) is 14.2. The number of carboxylic acid groups (broad SMARTS) is 1. The van der Waals surface area contributed by atoms with Gasteiger partial charge in [0.1, 0.15) is 10.6 Å². The van der Waals surface area contributed by atoms with Gasteiger partial charge in [0.15, 0.2) is 0 Å². The fraction of sp³-hybridized carbons (Fsp3) is 0.625. The van der Waals surface area contributed by atoms with E-state index < -0.39 is 21.9 Å². The molecule has 0 spiro atoms. The van der Waals surface area contributed by atoms with Crippen LogP contribution in [0.5, 0.6) is 0 Å². The second-order valence-electron chi connectivity index (χ2n) is 6.69. The van der Waals surface area contributed by atoms with Crippen LogP contribution in [0.15, 0.2) is 17.2 Å². The van der Waals surface area contributed by atoms with Crippen molar-refractivity contribution in [3.8, 4) is 0 Å². The average Bonchev–Trinajstić information content (AvgIpc) is 3.24. The number of nitrogens with zero attached hydrogens (tertiary/aromatic N) is 3. The summed E-state index contributed by atoms with van der Waals surface area (Å²) in [5, 5.41) is 9.04. The molecule has 1 aromatic rings. The minimum atomic E-state index is -3.72. The van der Waals surface area contributed by atoms with Crippen molar-refractivity contribution in [1.29, 1.82) is 0 Å². The number of sulfonamides is 1. The Hall–Kier alpha value is -1.87. The van der Waals surface area contributed by atoms with E-state index in [-0.39, 0.29) is 23.9 Å². The number of carbonyl (C=O) groups is 2. The number of carbonyl (C=O) groups excluding carboxylic acids is 1. The second-order valence-corrected chi connectivity index (χ2v) is 8.63. The molecule has 0 radical (unpaired) electrons. The van der Waals surface area contributed by atoms with Gasteiger partial charge in [0.25, 0.3) is 5.91 Å². The largest absolute Gasteiger partial charge is 0.481 e. The maximum absolute atomic E-state index is 12.8. The Morgan fingerprint density at radius 2 is 1.72 bits per heavy atom. The minimum absolute atomic E-state index is 0.0892. The first-order valence-corrected chi connectivity index (χ1v) is 9.93. The van der Waals surface area contributed by atoms with E-state index in [0.717, 1.165) is 12.8 Å². The molecule has 0 unspecified atom stereocenters. The molecule has 0 bridgehead atoms. The molecule has 138 valence electrons. The van der Waals surface area contributed by atoms with E-state index in [4.69, 9.17) is 5.11 Å². The molecule has 8 nitrogen and oxygen atoms in total. The molecular weight excluding hydrogens is 346 g/mol. The number of aliphatic carboxylic acids is 1. The van der Waals surface area contributed by atoms with Crippen LogP contribution < -0.4 is 0 Å². The Labute approximate surface area is 147 Å². The summed E-state index contributed by atoms with van der Waals surface area (Å²) in [7, 11) is -2.06.